The molecule has 0 spiro atoms. The Morgan fingerprint density at radius 1 is 1.29 bits per heavy atom. The van der Waals surface area contributed by atoms with Crippen molar-refractivity contribution in [3.63, 3.8) is 0 Å². The average molecular weight is 235 g/mol. The molecule has 1 heterocycles. The molecule has 2 rings (SSSR count). The third-order valence-electron chi connectivity index (χ3n) is 3.07. The summed E-state index contributed by atoms with van der Waals surface area (Å²) in [5.41, 5.74) is 5.00. The quantitative estimate of drug-likeness (QED) is 0.535. The Morgan fingerprint density at radius 3 is 2.82 bits per heavy atom. The van der Waals surface area contributed by atoms with Crippen LogP contribution in [-0.2, 0) is 12.8 Å². The lowest BCUT2D eigenvalue weighted by Crippen LogP contribution is -2.15. The van der Waals surface area contributed by atoms with Crippen LogP contribution in [0.3, 0.4) is 0 Å². The second kappa shape index (κ2) is 5.31. The van der Waals surface area contributed by atoms with Crippen LogP contribution in [0.1, 0.15) is 37.9 Å². The normalized spacial score (nSPS) is 13.9. The minimum absolute atomic E-state index is 0.684. The molecule has 0 aromatic carbocycles. The molecular weight excluding hydrogens is 214 g/mol. The first-order chi connectivity index (χ1) is 8.20. The van der Waals surface area contributed by atoms with Gasteiger partial charge >= 0.3 is 0 Å². The van der Waals surface area contributed by atoms with Crippen molar-refractivity contribution < 1.29 is 0 Å². The van der Waals surface area contributed by atoms with Crippen LogP contribution in [0.4, 0.5) is 11.8 Å². The highest BCUT2D eigenvalue weighted by atomic mass is 15.3. The van der Waals surface area contributed by atoms with E-state index < -0.39 is 0 Å². The third kappa shape index (κ3) is 2.85. The molecule has 0 fully saturated rings. The predicted octanol–water partition coefficient (Wildman–Crippen LogP) is 1.71. The van der Waals surface area contributed by atoms with Gasteiger partial charge in [0.1, 0.15) is 5.82 Å². The predicted molar refractivity (Wildman–Crippen MR) is 69.8 cm³/mol. The molecule has 17 heavy (non-hydrogen) atoms. The first-order valence-corrected chi connectivity index (χ1v) is 6.31. The Kier molecular flexibility index (Phi) is 3.78. The van der Waals surface area contributed by atoms with E-state index in [1.165, 1.54) is 5.56 Å². The standard InChI is InChI=1S/C12H21N5/c1-8(2)6-7-14-12-15-10-5-3-4-9(10)11(16-12)17-13/h8H,3-7,13H2,1-2H3,(H2,14,15,16,17). The maximum atomic E-state index is 5.50. The zero-order chi connectivity index (χ0) is 12.3. The number of nitrogens with one attached hydrogen (secondary N) is 2. The topological polar surface area (TPSA) is 75.9 Å². The SMILES string of the molecule is CC(C)CCNc1nc2c(c(NN)n1)CCC2. The summed E-state index contributed by atoms with van der Waals surface area (Å²) < 4.78 is 0. The van der Waals surface area contributed by atoms with Gasteiger partial charge in [-0.3, -0.25) is 0 Å². The van der Waals surface area contributed by atoms with Crippen molar-refractivity contribution in [2.75, 3.05) is 17.3 Å². The third-order valence-corrected chi connectivity index (χ3v) is 3.07. The fraction of sp³-hybridized carbons (Fsp3) is 0.667. The average Bonchev–Trinajstić information content (AvgIpc) is 2.75. The summed E-state index contributed by atoms with van der Waals surface area (Å²) in [5, 5.41) is 3.26. The molecule has 0 amide bonds. The van der Waals surface area contributed by atoms with Gasteiger partial charge in [-0.25, -0.2) is 10.8 Å². The Balaban J connectivity index is 2.08. The van der Waals surface area contributed by atoms with E-state index in [0.717, 1.165) is 43.7 Å². The molecule has 0 unspecified atom stereocenters. The van der Waals surface area contributed by atoms with Crippen molar-refractivity contribution >= 4 is 11.8 Å². The molecule has 0 radical (unpaired) electrons. The molecule has 0 aliphatic heterocycles. The number of aromatic nitrogens is 2. The van der Waals surface area contributed by atoms with E-state index >= 15 is 0 Å². The van der Waals surface area contributed by atoms with E-state index in [4.69, 9.17) is 5.84 Å². The number of nitrogens with zero attached hydrogens (tertiary/aromatic N) is 2. The summed E-state index contributed by atoms with van der Waals surface area (Å²) in [6.07, 6.45) is 4.33. The summed E-state index contributed by atoms with van der Waals surface area (Å²) in [5.74, 6) is 7.66. The second-order valence-electron chi connectivity index (χ2n) is 4.93. The molecule has 0 saturated carbocycles. The van der Waals surface area contributed by atoms with Crippen LogP contribution in [0.25, 0.3) is 0 Å². The van der Waals surface area contributed by atoms with E-state index in [9.17, 15) is 0 Å². The molecule has 1 aromatic rings. The van der Waals surface area contributed by atoms with Gasteiger partial charge in [0, 0.05) is 12.1 Å². The summed E-state index contributed by atoms with van der Waals surface area (Å²) in [7, 11) is 0. The number of hydrazine groups is 1. The largest absolute Gasteiger partial charge is 0.354 e. The van der Waals surface area contributed by atoms with Gasteiger partial charge < -0.3 is 10.7 Å². The van der Waals surface area contributed by atoms with Gasteiger partial charge in [0.15, 0.2) is 0 Å². The van der Waals surface area contributed by atoms with Crippen molar-refractivity contribution in [3.8, 4) is 0 Å². The lowest BCUT2D eigenvalue weighted by atomic mass is 10.1. The van der Waals surface area contributed by atoms with Crippen LogP contribution in [-0.4, -0.2) is 16.5 Å². The van der Waals surface area contributed by atoms with Crippen LogP contribution in [0.5, 0.6) is 0 Å². The van der Waals surface area contributed by atoms with Crippen molar-refractivity contribution in [1.29, 1.82) is 0 Å². The Bertz CT molecular complexity index is 389. The van der Waals surface area contributed by atoms with Gasteiger partial charge in [0.05, 0.1) is 5.69 Å². The van der Waals surface area contributed by atoms with Crippen molar-refractivity contribution in [1.82, 2.24) is 9.97 Å². The molecule has 5 nitrogen and oxygen atoms in total. The van der Waals surface area contributed by atoms with E-state index in [2.05, 4.69) is 34.6 Å². The van der Waals surface area contributed by atoms with Gasteiger partial charge in [-0.15, -0.1) is 0 Å². The van der Waals surface area contributed by atoms with Gasteiger partial charge in [-0.2, -0.15) is 4.98 Å². The number of anilines is 2. The Hall–Kier alpha value is -1.36. The second-order valence-corrected chi connectivity index (χ2v) is 4.93. The van der Waals surface area contributed by atoms with Crippen molar-refractivity contribution in [2.45, 2.75) is 39.5 Å². The van der Waals surface area contributed by atoms with Gasteiger partial charge in [-0.05, 0) is 31.6 Å². The highest BCUT2D eigenvalue weighted by molar-refractivity contribution is 5.51. The highest BCUT2D eigenvalue weighted by Gasteiger charge is 2.18. The van der Waals surface area contributed by atoms with Crippen LogP contribution in [0, 0.1) is 5.92 Å². The maximum Gasteiger partial charge on any atom is 0.224 e. The maximum absolute atomic E-state index is 5.50. The lowest BCUT2D eigenvalue weighted by Gasteiger charge is -2.11. The number of rotatable bonds is 5. The molecule has 5 heteroatoms. The summed E-state index contributed by atoms with van der Waals surface area (Å²) in [6.45, 7) is 5.32. The fourth-order valence-electron chi connectivity index (χ4n) is 2.10. The summed E-state index contributed by atoms with van der Waals surface area (Å²) in [4.78, 5) is 8.94. The number of nitrogen functional groups attached to an aromatic ring is 1. The van der Waals surface area contributed by atoms with E-state index in [0.29, 0.717) is 11.9 Å². The van der Waals surface area contributed by atoms with Crippen LogP contribution >= 0.6 is 0 Å². The van der Waals surface area contributed by atoms with E-state index in [1.807, 2.05) is 0 Å². The molecule has 0 bridgehead atoms. The van der Waals surface area contributed by atoms with E-state index in [-0.39, 0.29) is 0 Å². The number of fused-ring (bicyclic) bond motifs is 1. The van der Waals surface area contributed by atoms with Crippen molar-refractivity contribution in [2.24, 2.45) is 11.8 Å². The molecule has 1 aliphatic rings. The highest BCUT2D eigenvalue weighted by Crippen LogP contribution is 2.26. The zero-order valence-electron chi connectivity index (χ0n) is 10.6. The van der Waals surface area contributed by atoms with Crippen molar-refractivity contribution in [3.05, 3.63) is 11.3 Å². The Morgan fingerprint density at radius 2 is 2.12 bits per heavy atom. The summed E-state index contributed by atoms with van der Waals surface area (Å²) in [6, 6.07) is 0. The van der Waals surface area contributed by atoms with Gasteiger partial charge in [-0.1, -0.05) is 13.8 Å². The first-order valence-electron chi connectivity index (χ1n) is 6.31. The molecule has 94 valence electrons. The van der Waals surface area contributed by atoms with Crippen LogP contribution in [0.15, 0.2) is 0 Å². The Labute approximate surface area is 102 Å². The number of nitrogens with two attached hydrogens (primary N) is 1. The van der Waals surface area contributed by atoms with Gasteiger partial charge in [0.25, 0.3) is 0 Å². The van der Waals surface area contributed by atoms with Crippen LogP contribution in [0.2, 0.25) is 0 Å². The van der Waals surface area contributed by atoms with Crippen LogP contribution < -0.4 is 16.6 Å². The molecule has 1 aromatic heterocycles. The molecule has 0 saturated heterocycles. The fourth-order valence-corrected chi connectivity index (χ4v) is 2.10. The van der Waals surface area contributed by atoms with E-state index in [1.54, 1.807) is 0 Å². The molecule has 0 atom stereocenters. The molecular formula is C12H21N5. The minimum Gasteiger partial charge on any atom is -0.354 e. The minimum atomic E-state index is 0.684. The number of aryl methyl sites for hydroxylation is 1. The number of hydrogen-bond acceptors (Lipinski definition) is 5. The lowest BCUT2D eigenvalue weighted by molar-refractivity contribution is 0.606. The molecule has 4 N–H and O–H groups in total. The van der Waals surface area contributed by atoms with Gasteiger partial charge in [0.2, 0.25) is 5.95 Å². The zero-order valence-corrected chi connectivity index (χ0v) is 10.6. The molecule has 1 aliphatic carbocycles. The monoisotopic (exact) mass is 235 g/mol. The number of hydrogen-bond donors (Lipinski definition) is 3. The first kappa shape index (κ1) is 12.1. The smallest absolute Gasteiger partial charge is 0.224 e. The summed E-state index contributed by atoms with van der Waals surface area (Å²) >= 11 is 0.